The van der Waals surface area contributed by atoms with Crippen LogP contribution >= 0.6 is 22.9 Å². The average molecular weight is 319 g/mol. The fraction of sp³-hybridized carbons (Fsp3) is 0.200. The first-order chi connectivity index (χ1) is 10.2. The fourth-order valence-electron chi connectivity index (χ4n) is 2.08. The van der Waals surface area contributed by atoms with E-state index in [0.717, 1.165) is 16.6 Å². The molecular weight excluding hydrogens is 304 g/mol. The van der Waals surface area contributed by atoms with Crippen LogP contribution in [0.5, 0.6) is 0 Å². The predicted octanol–water partition coefficient (Wildman–Crippen LogP) is 3.83. The van der Waals surface area contributed by atoms with Gasteiger partial charge in [0.15, 0.2) is 0 Å². The molecule has 0 bridgehead atoms. The van der Waals surface area contributed by atoms with Crippen LogP contribution in [0.1, 0.15) is 23.4 Å². The van der Waals surface area contributed by atoms with Crippen molar-refractivity contribution in [3.05, 3.63) is 63.8 Å². The Bertz CT molecular complexity index is 691. The predicted molar refractivity (Wildman–Crippen MR) is 85.9 cm³/mol. The van der Waals surface area contributed by atoms with Gasteiger partial charge in [-0.25, -0.2) is 9.67 Å². The highest BCUT2D eigenvalue weighted by molar-refractivity contribution is 7.16. The van der Waals surface area contributed by atoms with E-state index in [1.54, 1.807) is 22.3 Å². The van der Waals surface area contributed by atoms with Crippen LogP contribution in [0, 0.1) is 0 Å². The molecular formula is C15H15ClN4S. The van der Waals surface area contributed by atoms with E-state index in [4.69, 9.17) is 11.6 Å². The summed E-state index contributed by atoms with van der Waals surface area (Å²) in [6.45, 7) is 2.98. The minimum absolute atomic E-state index is 0.274. The molecule has 0 amide bonds. The van der Waals surface area contributed by atoms with Crippen LogP contribution in [-0.4, -0.2) is 14.8 Å². The van der Waals surface area contributed by atoms with E-state index >= 15 is 0 Å². The van der Waals surface area contributed by atoms with Crippen LogP contribution in [0.3, 0.4) is 0 Å². The molecule has 0 saturated carbocycles. The fourth-order valence-corrected chi connectivity index (χ4v) is 3.11. The summed E-state index contributed by atoms with van der Waals surface area (Å²) in [6, 6.07) is 12.6. The van der Waals surface area contributed by atoms with Crippen molar-refractivity contribution in [3.63, 3.8) is 0 Å². The minimum atomic E-state index is 0.274. The third-order valence-electron chi connectivity index (χ3n) is 3.29. The Morgan fingerprint density at radius 3 is 2.67 bits per heavy atom. The van der Waals surface area contributed by atoms with Crippen LogP contribution < -0.4 is 5.32 Å². The van der Waals surface area contributed by atoms with E-state index in [1.165, 1.54) is 16.8 Å². The molecule has 0 aliphatic carbocycles. The van der Waals surface area contributed by atoms with E-state index < -0.39 is 0 Å². The van der Waals surface area contributed by atoms with Crippen LogP contribution in [0.4, 0.5) is 0 Å². The lowest BCUT2D eigenvalue weighted by molar-refractivity contribution is 0.579. The maximum absolute atomic E-state index is 5.94. The number of aromatic nitrogens is 3. The third kappa shape index (κ3) is 3.50. The maximum Gasteiger partial charge on any atom is 0.138 e. The standard InChI is InChI=1S/C15H15ClN4S/c1-11(18-8-14-6-7-15(16)21-14)12-2-4-13(5-3-12)20-10-17-9-19-20/h2-7,9-11,18H,8H2,1H3. The molecule has 6 heteroatoms. The molecule has 2 aromatic heterocycles. The second-order valence-corrected chi connectivity index (χ2v) is 6.54. The molecule has 1 unspecified atom stereocenters. The Hall–Kier alpha value is -1.69. The molecule has 4 nitrogen and oxygen atoms in total. The number of hydrogen-bond acceptors (Lipinski definition) is 4. The van der Waals surface area contributed by atoms with Gasteiger partial charge in [0, 0.05) is 17.5 Å². The number of nitrogens with zero attached hydrogens (tertiary/aromatic N) is 3. The van der Waals surface area contributed by atoms with Crippen molar-refractivity contribution in [2.24, 2.45) is 0 Å². The highest BCUT2D eigenvalue weighted by Gasteiger charge is 2.06. The summed E-state index contributed by atoms with van der Waals surface area (Å²) >= 11 is 7.55. The van der Waals surface area contributed by atoms with Crippen molar-refractivity contribution in [1.29, 1.82) is 0 Å². The number of halogens is 1. The summed E-state index contributed by atoms with van der Waals surface area (Å²) in [5.74, 6) is 0. The van der Waals surface area contributed by atoms with Crippen molar-refractivity contribution in [2.45, 2.75) is 19.5 Å². The van der Waals surface area contributed by atoms with E-state index in [2.05, 4.69) is 40.5 Å². The van der Waals surface area contributed by atoms with Gasteiger partial charge in [0.1, 0.15) is 12.7 Å². The first-order valence-electron chi connectivity index (χ1n) is 6.65. The smallest absolute Gasteiger partial charge is 0.138 e. The molecule has 2 heterocycles. The van der Waals surface area contributed by atoms with E-state index in [-0.39, 0.29) is 6.04 Å². The second kappa shape index (κ2) is 6.39. The molecule has 1 aromatic carbocycles. The van der Waals surface area contributed by atoms with Crippen LogP contribution in [0.25, 0.3) is 5.69 Å². The summed E-state index contributed by atoms with van der Waals surface area (Å²) in [4.78, 5) is 5.19. The van der Waals surface area contributed by atoms with Crippen LogP contribution in [0.2, 0.25) is 4.34 Å². The summed E-state index contributed by atoms with van der Waals surface area (Å²) in [5.41, 5.74) is 2.25. The molecule has 0 saturated heterocycles. The largest absolute Gasteiger partial charge is 0.305 e. The molecule has 0 spiro atoms. The molecule has 1 atom stereocenters. The van der Waals surface area contributed by atoms with Crippen molar-refractivity contribution >= 4 is 22.9 Å². The van der Waals surface area contributed by atoms with Gasteiger partial charge in [0.05, 0.1) is 10.0 Å². The SMILES string of the molecule is CC(NCc1ccc(Cl)s1)c1ccc(-n2cncn2)cc1. The lowest BCUT2D eigenvalue weighted by Crippen LogP contribution is -2.17. The Morgan fingerprint density at radius 1 is 1.24 bits per heavy atom. The highest BCUT2D eigenvalue weighted by Crippen LogP contribution is 2.22. The summed E-state index contributed by atoms with van der Waals surface area (Å²) in [5, 5.41) is 7.62. The van der Waals surface area contributed by atoms with Crippen molar-refractivity contribution in [1.82, 2.24) is 20.1 Å². The average Bonchev–Trinajstić information content (AvgIpc) is 3.16. The van der Waals surface area contributed by atoms with E-state index in [9.17, 15) is 0 Å². The topological polar surface area (TPSA) is 42.7 Å². The minimum Gasteiger partial charge on any atom is -0.305 e. The van der Waals surface area contributed by atoms with Gasteiger partial charge >= 0.3 is 0 Å². The Morgan fingerprint density at radius 2 is 2.05 bits per heavy atom. The molecule has 3 rings (SSSR count). The van der Waals surface area contributed by atoms with Gasteiger partial charge in [0.2, 0.25) is 0 Å². The zero-order valence-electron chi connectivity index (χ0n) is 11.5. The summed E-state index contributed by atoms with van der Waals surface area (Å²) in [7, 11) is 0. The first-order valence-corrected chi connectivity index (χ1v) is 7.84. The zero-order valence-corrected chi connectivity index (χ0v) is 13.1. The molecule has 0 aliphatic rings. The molecule has 0 fully saturated rings. The first kappa shape index (κ1) is 14.3. The lowest BCUT2D eigenvalue weighted by atomic mass is 10.1. The molecule has 3 aromatic rings. The van der Waals surface area contributed by atoms with Gasteiger partial charge in [-0.3, -0.25) is 0 Å². The van der Waals surface area contributed by atoms with Crippen molar-refractivity contribution in [2.75, 3.05) is 0 Å². The number of hydrogen-bond donors (Lipinski definition) is 1. The zero-order chi connectivity index (χ0) is 14.7. The lowest BCUT2D eigenvalue weighted by Gasteiger charge is -2.14. The van der Waals surface area contributed by atoms with Crippen molar-refractivity contribution in [3.8, 4) is 5.69 Å². The maximum atomic E-state index is 5.94. The van der Waals surface area contributed by atoms with Gasteiger partial charge in [-0.2, -0.15) is 5.10 Å². The number of nitrogens with one attached hydrogen (secondary N) is 1. The third-order valence-corrected chi connectivity index (χ3v) is 4.52. The molecule has 0 radical (unpaired) electrons. The van der Waals surface area contributed by atoms with Gasteiger partial charge in [-0.1, -0.05) is 23.7 Å². The van der Waals surface area contributed by atoms with Gasteiger partial charge in [0.25, 0.3) is 0 Å². The van der Waals surface area contributed by atoms with Gasteiger partial charge in [-0.05, 0) is 36.8 Å². The molecule has 1 N–H and O–H groups in total. The normalized spacial score (nSPS) is 12.5. The monoisotopic (exact) mass is 318 g/mol. The molecule has 108 valence electrons. The van der Waals surface area contributed by atoms with Crippen molar-refractivity contribution < 1.29 is 0 Å². The summed E-state index contributed by atoms with van der Waals surface area (Å²) in [6.07, 6.45) is 3.22. The molecule has 21 heavy (non-hydrogen) atoms. The Labute approximate surface area is 132 Å². The number of benzene rings is 1. The van der Waals surface area contributed by atoms with Crippen LogP contribution in [0.15, 0.2) is 49.1 Å². The van der Waals surface area contributed by atoms with Crippen LogP contribution in [-0.2, 0) is 6.54 Å². The second-order valence-electron chi connectivity index (χ2n) is 4.74. The summed E-state index contributed by atoms with van der Waals surface area (Å²) < 4.78 is 2.58. The van der Waals surface area contributed by atoms with Gasteiger partial charge in [-0.15, -0.1) is 11.3 Å². The van der Waals surface area contributed by atoms with E-state index in [0.29, 0.717) is 0 Å². The van der Waals surface area contributed by atoms with Gasteiger partial charge < -0.3 is 5.32 Å². The molecule has 0 aliphatic heterocycles. The quantitative estimate of drug-likeness (QED) is 0.777. The Kier molecular flexibility index (Phi) is 4.34. The van der Waals surface area contributed by atoms with E-state index in [1.807, 2.05) is 18.2 Å². The number of rotatable bonds is 5. The Balaban J connectivity index is 1.63. The highest BCUT2D eigenvalue weighted by atomic mass is 35.5. The number of thiophene rings is 1.